The van der Waals surface area contributed by atoms with E-state index in [9.17, 15) is 9.59 Å². The fraction of sp³-hybridized carbons (Fsp3) is 0.235. The fourth-order valence-corrected chi connectivity index (χ4v) is 3.31. The Labute approximate surface area is 142 Å². The molecular weight excluding hydrogens is 326 g/mol. The van der Waals surface area contributed by atoms with Crippen molar-refractivity contribution in [1.29, 1.82) is 0 Å². The van der Waals surface area contributed by atoms with Crippen molar-refractivity contribution in [2.75, 3.05) is 13.7 Å². The molecule has 0 aliphatic heterocycles. The van der Waals surface area contributed by atoms with Crippen LogP contribution in [0.15, 0.2) is 46.7 Å². The van der Waals surface area contributed by atoms with Crippen LogP contribution in [0.2, 0.25) is 0 Å². The zero-order chi connectivity index (χ0) is 17.1. The summed E-state index contributed by atoms with van der Waals surface area (Å²) in [7, 11) is 1.56. The molecule has 0 radical (unpaired) electrons. The molecule has 3 aromatic rings. The van der Waals surface area contributed by atoms with E-state index in [1.54, 1.807) is 7.11 Å². The topological polar surface area (TPSA) is 72.7 Å². The lowest BCUT2D eigenvalue weighted by Crippen LogP contribution is -2.39. The molecule has 124 valence electrons. The lowest BCUT2D eigenvalue weighted by atomic mass is 10.2. The van der Waals surface area contributed by atoms with Gasteiger partial charge in [0.25, 0.3) is 11.5 Å². The van der Waals surface area contributed by atoms with Crippen LogP contribution in [0.3, 0.4) is 0 Å². The van der Waals surface area contributed by atoms with Crippen molar-refractivity contribution in [2.45, 2.75) is 13.0 Å². The van der Waals surface area contributed by atoms with Crippen LogP contribution in [0.4, 0.5) is 0 Å². The molecule has 0 fully saturated rings. The SMILES string of the molecule is COC[C@@H](C)NC(=O)c1cnc2scc(-c3ccccc3)n2c1=O. The number of methoxy groups -OCH3 is 1. The molecule has 0 unspecified atom stereocenters. The third-order valence-corrected chi connectivity index (χ3v) is 4.39. The average Bonchev–Trinajstić information content (AvgIpc) is 3.01. The molecule has 0 saturated carbocycles. The molecule has 1 aromatic carbocycles. The van der Waals surface area contributed by atoms with Gasteiger partial charge in [-0.2, -0.15) is 0 Å². The van der Waals surface area contributed by atoms with Crippen molar-refractivity contribution >= 4 is 22.2 Å². The minimum atomic E-state index is -0.448. The van der Waals surface area contributed by atoms with Crippen LogP contribution in [0.5, 0.6) is 0 Å². The van der Waals surface area contributed by atoms with Crippen molar-refractivity contribution in [2.24, 2.45) is 0 Å². The van der Waals surface area contributed by atoms with Gasteiger partial charge in [-0.05, 0) is 12.5 Å². The van der Waals surface area contributed by atoms with E-state index < -0.39 is 5.91 Å². The van der Waals surface area contributed by atoms with Crippen LogP contribution < -0.4 is 10.9 Å². The Bertz CT molecular complexity index is 918. The number of ether oxygens (including phenoxy) is 1. The quantitative estimate of drug-likeness (QED) is 0.771. The van der Waals surface area contributed by atoms with Crippen molar-refractivity contribution in [3.63, 3.8) is 0 Å². The Balaban J connectivity index is 2.04. The number of hydrogen-bond acceptors (Lipinski definition) is 5. The number of thiazole rings is 1. The molecule has 1 N–H and O–H groups in total. The van der Waals surface area contributed by atoms with Crippen LogP contribution >= 0.6 is 11.3 Å². The van der Waals surface area contributed by atoms with E-state index in [0.717, 1.165) is 11.3 Å². The van der Waals surface area contributed by atoms with E-state index in [4.69, 9.17) is 4.74 Å². The highest BCUT2D eigenvalue weighted by Crippen LogP contribution is 2.23. The monoisotopic (exact) mass is 343 g/mol. The highest BCUT2D eigenvalue weighted by molar-refractivity contribution is 7.15. The first kappa shape index (κ1) is 16.4. The van der Waals surface area contributed by atoms with E-state index >= 15 is 0 Å². The number of rotatable bonds is 5. The summed E-state index contributed by atoms with van der Waals surface area (Å²) in [6.45, 7) is 2.18. The molecule has 0 aliphatic rings. The van der Waals surface area contributed by atoms with Gasteiger partial charge >= 0.3 is 0 Å². The van der Waals surface area contributed by atoms with Gasteiger partial charge in [-0.15, -0.1) is 11.3 Å². The zero-order valence-corrected chi connectivity index (χ0v) is 14.2. The van der Waals surface area contributed by atoms with Gasteiger partial charge in [0, 0.05) is 24.7 Å². The van der Waals surface area contributed by atoms with Gasteiger partial charge in [-0.25, -0.2) is 4.98 Å². The summed E-state index contributed by atoms with van der Waals surface area (Å²) < 4.78 is 6.48. The summed E-state index contributed by atoms with van der Waals surface area (Å²) >= 11 is 1.37. The number of carbonyl (C=O) groups is 1. The average molecular weight is 343 g/mol. The molecule has 3 rings (SSSR count). The van der Waals surface area contributed by atoms with Crippen molar-refractivity contribution < 1.29 is 9.53 Å². The summed E-state index contributed by atoms with van der Waals surface area (Å²) in [5.41, 5.74) is 1.28. The molecule has 0 spiro atoms. The Hall–Kier alpha value is -2.51. The predicted molar refractivity (Wildman–Crippen MR) is 93.6 cm³/mol. The minimum absolute atomic E-state index is 0.0195. The predicted octanol–water partition coefficient (Wildman–Crippen LogP) is 2.19. The normalized spacial score (nSPS) is 12.2. The van der Waals surface area contributed by atoms with E-state index in [-0.39, 0.29) is 17.2 Å². The lowest BCUT2D eigenvalue weighted by Gasteiger charge is -2.12. The number of hydrogen-bond donors (Lipinski definition) is 1. The largest absolute Gasteiger partial charge is 0.383 e. The van der Waals surface area contributed by atoms with Gasteiger partial charge < -0.3 is 10.1 Å². The summed E-state index contributed by atoms with van der Waals surface area (Å²) in [6.07, 6.45) is 1.33. The standard InChI is InChI=1S/C17H17N3O3S/c1-11(9-23-2)19-15(21)13-8-18-17-20(16(13)22)14(10-24-17)12-6-4-3-5-7-12/h3-8,10-11H,9H2,1-2H3,(H,19,21)/t11-/m1/s1. The Morgan fingerprint density at radius 1 is 1.38 bits per heavy atom. The zero-order valence-electron chi connectivity index (χ0n) is 13.4. The summed E-state index contributed by atoms with van der Waals surface area (Å²) in [5, 5.41) is 4.61. The number of benzene rings is 1. The van der Waals surface area contributed by atoms with Gasteiger partial charge in [0.1, 0.15) is 5.56 Å². The van der Waals surface area contributed by atoms with Crippen LogP contribution in [-0.2, 0) is 4.74 Å². The number of fused-ring (bicyclic) bond motifs is 1. The molecule has 1 atom stereocenters. The Kier molecular flexibility index (Phi) is 4.73. The maximum atomic E-state index is 12.8. The summed E-state index contributed by atoms with van der Waals surface area (Å²) in [4.78, 5) is 30.0. The van der Waals surface area contributed by atoms with Crippen molar-refractivity contribution in [1.82, 2.24) is 14.7 Å². The van der Waals surface area contributed by atoms with Gasteiger partial charge in [0.05, 0.1) is 12.3 Å². The van der Waals surface area contributed by atoms with Crippen molar-refractivity contribution in [3.8, 4) is 11.3 Å². The van der Waals surface area contributed by atoms with Crippen LogP contribution in [0.25, 0.3) is 16.2 Å². The molecular formula is C17H17N3O3S. The summed E-state index contributed by atoms with van der Waals surface area (Å²) in [6, 6.07) is 9.36. The second kappa shape index (κ2) is 6.94. The Morgan fingerprint density at radius 2 is 2.12 bits per heavy atom. The maximum absolute atomic E-state index is 12.8. The maximum Gasteiger partial charge on any atom is 0.271 e. The van der Waals surface area contributed by atoms with Crippen LogP contribution in [-0.4, -0.2) is 35.1 Å². The van der Waals surface area contributed by atoms with E-state index in [1.807, 2.05) is 42.6 Å². The van der Waals surface area contributed by atoms with E-state index in [1.165, 1.54) is 21.9 Å². The molecule has 0 aliphatic carbocycles. The molecule has 0 bridgehead atoms. The lowest BCUT2D eigenvalue weighted by molar-refractivity contribution is 0.0903. The first-order valence-corrected chi connectivity index (χ1v) is 8.34. The second-order valence-electron chi connectivity index (χ2n) is 5.41. The van der Waals surface area contributed by atoms with Gasteiger partial charge in [-0.3, -0.25) is 14.0 Å². The van der Waals surface area contributed by atoms with E-state index in [2.05, 4.69) is 10.3 Å². The van der Waals surface area contributed by atoms with Gasteiger partial charge in [-0.1, -0.05) is 30.3 Å². The molecule has 24 heavy (non-hydrogen) atoms. The third kappa shape index (κ3) is 3.08. The fourth-order valence-electron chi connectivity index (χ4n) is 2.45. The second-order valence-corrected chi connectivity index (χ2v) is 6.25. The van der Waals surface area contributed by atoms with Gasteiger partial charge in [0.2, 0.25) is 0 Å². The number of carbonyl (C=O) groups excluding carboxylic acids is 1. The molecule has 2 aromatic heterocycles. The van der Waals surface area contributed by atoms with Crippen molar-refractivity contribution in [3.05, 3.63) is 57.8 Å². The molecule has 0 saturated heterocycles. The van der Waals surface area contributed by atoms with Gasteiger partial charge in [0.15, 0.2) is 4.96 Å². The number of nitrogens with zero attached hydrogens (tertiary/aromatic N) is 2. The molecule has 6 nitrogen and oxygen atoms in total. The number of nitrogens with one attached hydrogen (secondary N) is 1. The van der Waals surface area contributed by atoms with Crippen LogP contribution in [0.1, 0.15) is 17.3 Å². The first-order chi connectivity index (χ1) is 11.6. The smallest absolute Gasteiger partial charge is 0.271 e. The van der Waals surface area contributed by atoms with Crippen LogP contribution in [0, 0.1) is 0 Å². The highest BCUT2D eigenvalue weighted by Gasteiger charge is 2.18. The van der Waals surface area contributed by atoms with E-state index in [0.29, 0.717) is 11.6 Å². The minimum Gasteiger partial charge on any atom is -0.383 e. The third-order valence-electron chi connectivity index (χ3n) is 3.55. The molecule has 1 amide bonds. The molecule has 2 heterocycles. The molecule has 7 heteroatoms. The Morgan fingerprint density at radius 3 is 2.83 bits per heavy atom. The number of aromatic nitrogens is 2. The highest BCUT2D eigenvalue weighted by atomic mass is 32.1. The number of amides is 1. The summed E-state index contributed by atoms with van der Waals surface area (Å²) in [5.74, 6) is -0.448. The first-order valence-electron chi connectivity index (χ1n) is 7.46.